The molecule has 2 fully saturated rings. The number of oxazole rings is 1. The van der Waals surface area contributed by atoms with Gasteiger partial charge in [-0.15, -0.1) is 0 Å². The van der Waals surface area contributed by atoms with Crippen molar-refractivity contribution in [1.82, 2.24) is 4.98 Å². The number of benzene rings is 2. The van der Waals surface area contributed by atoms with Gasteiger partial charge in [0.15, 0.2) is 11.5 Å². The number of rotatable bonds is 4. The molecule has 0 bridgehead atoms. The number of hydrogen-bond donors (Lipinski definition) is 1. The molecule has 0 unspecified atom stereocenters. The lowest BCUT2D eigenvalue weighted by molar-refractivity contribution is -0.207. The van der Waals surface area contributed by atoms with Crippen molar-refractivity contribution in [1.29, 1.82) is 0 Å². The number of nitrogens with zero attached hydrogens (tertiary/aromatic N) is 1. The zero-order valence-corrected chi connectivity index (χ0v) is 17.9. The standard InChI is InChI=1S/C25H27NO5/c1-17-3-5-19(6-4-17)22-21(18-7-9-20(28-2)10-8-18)26-23(31-22)24(27)11-13-25(14-12-24)29-15-16-30-25/h3-10,27H,11-16H2,1-2H3. The Hall–Kier alpha value is -2.67. The van der Waals surface area contributed by atoms with E-state index in [-0.39, 0.29) is 0 Å². The summed E-state index contributed by atoms with van der Waals surface area (Å²) in [4.78, 5) is 4.81. The predicted octanol–water partition coefficient (Wildman–Crippen LogP) is 4.83. The summed E-state index contributed by atoms with van der Waals surface area (Å²) in [5, 5.41) is 11.5. The fourth-order valence-corrected chi connectivity index (χ4v) is 4.41. The minimum Gasteiger partial charge on any atom is -0.497 e. The third-order valence-corrected chi connectivity index (χ3v) is 6.35. The molecule has 1 saturated carbocycles. The Bertz CT molecular complexity index is 1040. The fourth-order valence-electron chi connectivity index (χ4n) is 4.41. The SMILES string of the molecule is COc1ccc(-c2nc(C3(O)CCC4(CC3)OCCO4)oc2-c2ccc(C)cc2)cc1. The highest BCUT2D eigenvalue weighted by atomic mass is 16.7. The number of aliphatic hydroxyl groups is 1. The molecule has 6 nitrogen and oxygen atoms in total. The van der Waals surface area contributed by atoms with Gasteiger partial charge in [-0.25, -0.2) is 4.98 Å². The maximum atomic E-state index is 11.5. The smallest absolute Gasteiger partial charge is 0.227 e. The van der Waals surface area contributed by atoms with Gasteiger partial charge < -0.3 is 23.7 Å². The van der Waals surface area contributed by atoms with Crippen molar-refractivity contribution < 1.29 is 23.7 Å². The Kier molecular flexibility index (Phi) is 5.08. The maximum absolute atomic E-state index is 11.5. The Balaban J connectivity index is 1.53. The summed E-state index contributed by atoms with van der Waals surface area (Å²) >= 11 is 0. The molecule has 0 amide bonds. The minimum atomic E-state index is -1.15. The molecule has 2 heterocycles. The fraction of sp³-hybridized carbons (Fsp3) is 0.400. The van der Waals surface area contributed by atoms with Crippen LogP contribution in [0.25, 0.3) is 22.6 Å². The van der Waals surface area contributed by atoms with Crippen molar-refractivity contribution in [3.63, 3.8) is 0 Å². The first kappa shape index (κ1) is 20.2. The third kappa shape index (κ3) is 3.76. The molecular weight excluding hydrogens is 394 g/mol. The van der Waals surface area contributed by atoms with E-state index in [1.807, 2.05) is 55.5 Å². The van der Waals surface area contributed by atoms with E-state index in [0.29, 0.717) is 56.2 Å². The van der Waals surface area contributed by atoms with Crippen molar-refractivity contribution >= 4 is 0 Å². The highest BCUT2D eigenvalue weighted by Crippen LogP contribution is 2.46. The van der Waals surface area contributed by atoms with E-state index in [4.69, 9.17) is 23.6 Å². The van der Waals surface area contributed by atoms with Crippen molar-refractivity contribution in [2.45, 2.75) is 44.0 Å². The van der Waals surface area contributed by atoms with E-state index < -0.39 is 11.4 Å². The second-order valence-electron chi connectivity index (χ2n) is 8.43. The molecule has 31 heavy (non-hydrogen) atoms. The quantitative estimate of drug-likeness (QED) is 0.650. The zero-order valence-electron chi connectivity index (χ0n) is 17.9. The molecule has 1 spiro atoms. The lowest BCUT2D eigenvalue weighted by Gasteiger charge is -2.38. The minimum absolute atomic E-state index is 0.349. The molecule has 1 aliphatic heterocycles. The Labute approximate surface area is 181 Å². The van der Waals surface area contributed by atoms with Gasteiger partial charge in [0.25, 0.3) is 0 Å². The lowest BCUT2D eigenvalue weighted by atomic mass is 9.81. The largest absolute Gasteiger partial charge is 0.497 e. The Morgan fingerprint density at radius 3 is 2.10 bits per heavy atom. The average Bonchev–Trinajstić information content (AvgIpc) is 3.45. The van der Waals surface area contributed by atoms with Crippen LogP contribution in [-0.4, -0.2) is 36.2 Å². The molecule has 6 heteroatoms. The van der Waals surface area contributed by atoms with Gasteiger partial charge in [-0.3, -0.25) is 0 Å². The highest BCUT2D eigenvalue weighted by molar-refractivity contribution is 5.77. The van der Waals surface area contributed by atoms with Crippen molar-refractivity contribution in [2.24, 2.45) is 0 Å². The van der Waals surface area contributed by atoms with Crippen LogP contribution in [0.4, 0.5) is 0 Å². The van der Waals surface area contributed by atoms with Gasteiger partial charge in [-0.1, -0.05) is 29.8 Å². The topological polar surface area (TPSA) is 74.0 Å². The number of methoxy groups -OCH3 is 1. The molecule has 2 aromatic carbocycles. The van der Waals surface area contributed by atoms with Gasteiger partial charge in [-0.05, 0) is 44.0 Å². The van der Waals surface area contributed by atoms with Crippen LogP contribution in [0.5, 0.6) is 5.75 Å². The highest BCUT2D eigenvalue weighted by Gasteiger charge is 2.48. The molecule has 0 radical (unpaired) electrons. The molecular formula is C25H27NO5. The molecule has 162 valence electrons. The van der Waals surface area contributed by atoms with Crippen LogP contribution in [-0.2, 0) is 15.1 Å². The van der Waals surface area contributed by atoms with Gasteiger partial charge in [0, 0.05) is 24.0 Å². The summed E-state index contributed by atoms with van der Waals surface area (Å²) in [6, 6.07) is 15.8. The van der Waals surface area contributed by atoms with Gasteiger partial charge in [0.1, 0.15) is 17.0 Å². The van der Waals surface area contributed by atoms with Gasteiger partial charge in [0.2, 0.25) is 5.89 Å². The van der Waals surface area contributed by atoms with E-state index in [2.05, 4.69) is 0 Å². The second-order valence-corrected chi connectivity index (χ2v) is 8.43. The number of ether oxygens (including phenoxy) is 3. The Morgan fingerprint density at radius 1 is 0.871 bits per heavy atom. The summed E-state index contributed by atoms with van der Waals surface area (Å²) in [6.07, 6.45) is 2.18. The van der Waals surface area contributed by atoms with Crippen LogP contribution in [0.2, 0.25) is 0 Å². The monoisotopic (exact) mass is 421 g/mol. The predicted molar refractivity (Wildman–Crippen MR) is 116 cm³/mol. The molecule has 5 rings (SSSR count). The second kappa shape index (κ2) is 7.79. The number of aromatic nitrogens is 1. The van der Waals surface area contributed by atoms with E-state index in [9.17, 15) is 5.11 Å². The lowest BCUT2D eigenvalue weighted by Crippen LogP contribution is -2.42. The summed E-state index contributed by atoms with van der Waals surface area (Å²) in [5.74, 6) is 1.22. The van der Waals surface area contributed by atoms with Gasteiger partial charge >= 0.3 is 0 Å². The number of hydrogen-bond acceptors (Lipinski definition) is 6. The van der Waals surface area contributed by atoms with Crippen LogP contribution in [0.1, 0.15) is 37.1 Å². The molecule has 1 aromatic heterocycles. The van der Waals surface area contributed by atoms with E-state index in [1.54, 1.807) is 7.11 Å². The average molecular weight is 421 g/mol. The molecule has 1 saturated heterocycles. The van der Waals surface area contributed by atoms with Crippen molar-refractivity contribution in [3.8, 4) is 28.3 Å². The Morgan fingerprint density at radius 2 is 1.48 bits per heavy atom. The van der Waals surface area contributed by atoms with Gasteiger partial charge in [-0.2, -0.15) is 0 Å². The maximum Gasteiger partial charge on any atom is 0.227 e. The third-order valence-electron chi connectivity index (χ3n) is 6.35. The van der Waals surface area contributed by atoms with Crippen LogP contribution >= 0.6 is 0 Å². The molecule has 0 atom stereocenters. The summed E-state index contributed by atoms with van der Waals surface area (Å²) in [6.45, 7) is 3.26. The van der Waals surface area contributed by atoms with Crippen molar-refractivity contribution in [3.05, 3.63) is 60.0 Å². The van der Waals surface area contributed by atoms with Crippen LogP contribution in [0, 0.1) is 6.92 Å². The van der Waals surface area contributed by atoms with E-state index in [0.717, 1.165) is 16.9 Å². The number of aryl methyl sites for hydroxylation is 1. The van der Waals surface area contributed by atoms with Crippen LogP contribution in [0.3, 0.4) is 0 Å². The van der Waals surface area contributed by atoms with Crippen LogP contribution < -0.4 is 4.74 Å². The summed E-state index contributed by atoms with van der Waals surface area (Å²) < 4.78 is 23.2. The summed E-state index contributed by atoms with van der Waals surface area (Å²) in [7, 11) is 1.64. The zero-order chi connectivity index (χ0) is 21.5. The van der Waals surface area contributed by atoms with Crippen LogP contribution in [0.15, 0.2) is 52.9 Å². The first-order valence-electron chi connectivity index (χ1n) is 10.7. The first-order chi connectivity index (χ1) is 15.0. The first-order valence-corrected chi connectivity index (χ1v) is 10.7. The molecule has 1 aliphatic carbocycles. The molecule has 2 aliphatic rings. The molecule has 3 aromatic rings. The van der Waals surface area contributed by atoms with E-state index in [1.165, 1.54) is 5.56 Å². The van der Waals surface area contributed by atoms with Crippen molar-refractivity contribution in [2.75, 3.05) is 20.3 Å². The normalized spacial score (nSPS) is 19.6. The van der Waals surface area contributed by atoms with E-state index >= 15 is 0 Å². The summed E-state index contributed by atoms with van der Waals surface area (Å²) in [5.41, 5.74) is 2.56. The molecule has 1 N–H and O–H groups in total. The van der Waals surface area contributed by atoms with Gasteiger partial charge in [0.05, 0.1) is 20.3 Å².